The van der Waals surface area contributed by atoms with Crippen LogP contribution in [0.2, 0.25) is 0 Å². The number of nitrogens with zero attached hydrogens (tertiary/aromatic N) is 2. The van der Waals surface area contributed by atoms with E-state index in [9.17, 15) is 4.79 Å². The predicted molar refractivity (Wildman–Crippen MR) is 117 cm³/mol. The van der Waals surface area contributed by atoms with E-state index in [1.807, 2.05) is 0 Å². The minimum Gasteiger partial charge on any atom is -0.497 e. The summed E-state index contributed by atoms with van der Waals surface area (Å²) < 4.78 is 15.9. The number of carbonyl (C=O) groups excluding carboxylic acids is 1. The molecular formula is C24H32N2O4. The Morgan fingerprint density at radius 2 is 1.57 bits per heavy atom. The summed E-state index contributed by atoms with van der Waals surface area (Å²) >= 11 is 0. The van der Waals surface area contributed by atoms with Gasteiger partial charge < -0.3 is 19.1 Å². The fraction of sp³-hybridized carbons (Fsp3) is 0.458. The molecule has 0 atom stereocenters. The third-order valence-electron chi connectivity index (χ3n) is 5.37. The fourth-order valence-corrected chi connectivity index (χ4v) is 3.71. The molecule has 0 bridgehead atoms. The summed E-state index contributed by atoms with van der Waals surface area (Å²) in [5.74, 6) is 0.800. The Kier molecular flexibility index (Phi) is 8.53. The molecule has 6 nitrogen and oxygen atoms in total. The van der Waals surface area contributed by atoms with Gasteiger partial charge in [-0.05, 0) is 43.6 Å². The van der Waals surface area contributed by atoms with Crippen LogP contribution < -0.4 is 9.47 Å². The molecule has 0 aliphatic carbocycles. The lowest BCUT2D eigenvalue weighted by atomic mass is 10.2. The maximum Gasteiger partial charge on any atom is 0.338 e. The first-order valence-corrected chi connectivity index (χ1v) is 10.6. The zero-order valence-electron chi connectivity index (χ0n) is 18.0. The Hall–Kier alpha value is -2.57. The molecule has 0 N–H and O–H groups in total. The van der Waals surface area contributed by atoms with Gasteiger partial charge in [0.1, 0.15) is 11.5 Å². The highest BCUT2D eigenvalue weighted by Gasteiger charge is 2.15. The summed E-state index contributed by atoms with van der Waals surface area (Å²) in [6.07, 6.45) is 1.99. The lowest BCUT2D eigenvalue weighted by Crippen LogP contribution is -2.31. The Labute approximate surface area is 179 Å². The summed E-state index contributed by atoms with van der Waals surface area (Å²) in [6.45, 7) is 6.68. The molecule has 1 fully saturated rings. The van der Waals surface area contributed by atoms with Crippen LogP contribution >= 0.6 is 0 Å². The van der Waals surface area contributed by atoms with Crippen LogP contribution in [0.4, 0.5) is 0 Å². The van der Waals surface area contributed by atoms with E-state index >= 15 is 0 Å². The molecule has 0 spiro atoms. The van der Waals surface area contributed by atoms with Crippen LogP contribution in [0.5, 0.6) is 11.5 Å². The lowest BCUT2D eigenvalue weighted by molar-refractivity contribution is 0.0487. The molecule has 30 heavy (non-hydrogen) atoms. The third kappa shape index (κ3) is 6.75. The van der Waals surface area contributed by atoms with Crippen molar-refractivity contribution in [3.8, 4) is 11.5 Å². The van der Waals surface area contributed by atoms with E-state index in [1.54, 1.807) is 32.4 Å². The van der Waals surface area contributed by atoms with Gasteiger partial charge in [-0.15, -0.1) is 0 Å². The van der Waals surface area contributed by atoms with E-state index in [1.165, 1.54) is 5.56 Å². The minimum atomic E-state index is -0.350. The first kappa shape index (κ1) is 22.1. The van der Waals surface area contributed by atoms with Gasteiger partial charge in [-0.3, -0.25) is 4.90 Å². The van der Waals surface area contributed by atoms with Crippen molar-refractivity contribution < 1.29 is 19.0 Å². The van der Waals surface area contributed by atoms with Gasteiger partial charge in [-0.2, -0.15) is 0 Å². The number of rotatable bonds is 9. The highest BCUT2D eigenvalue weighted by molar-refractivity contribution is 5.90. The number of esters is 1. The Bertz CT molecular complexity index is 775. The van der Waals surface area contributed by atoms with E-state index < -0.39 is 0 Å². The molecule has 1 saturated heterocycles. The molecule has 6 heteroatoms. The SMILES string of the molecule is COc1cc(OC)cc(C(=O)OCCCN2CCCN(Cc3ccccc3)CC2)c1. The molecule has 1 heterocycles. The van der Waals surface area contributed by atoms with Gasteiger partial charge in [0, 0.05) is 32.2 Å². The van der Waals surface area contributed by atoms with Gasteiger partial charge in [-0.25, -0.2) is 4.79 Å². The van der Waals surface area contributed by atoms with Crippen LogP contribution in [0.25, 0.3) is 0 Å². The van der Waals surface area contributed by atoms with Gasteiger partial charge in [0.15, 0.2) is 0 Å². The Balaban J connectivity index is 1.39. The Morgan fingerprint density at radius 3 is 2.27 bits per heavy atom. The summed E-state index contributed by atoms with van der Waals surface area (Å²) in [5, 5.41) is 0. The molecule has 0 amide bonds. The number of benzene rings is 2. The first-order valence-electron chi connectivity index (χ1n) is 10.6. The summed E-state index contributed by atoms with van der Waals surface area (Å²) in [7, 11) is 3.12. The van der Waals surface area contributed by atoms with Crippen molar-refractivity contribution >= 4 is 5.97 Å². The fourth-order valence-electron chi connectivity index (χ4n) is 3.71. The second kappa shape index (κ2) is 11.6. The van der Waals surface area contributed by atoms with E-state index in [0.29, 0.717) is 23.7 Å². The van der Waals surface area contributed by atoms with Gasteiger partial charge in [0.2, 0.25) is 0 Å². The van der Waals surface area contributed by atoms with Crippen molar-refractivity contribution in [1.29, 1.82) is 0 Å². The lowest BCUT2D eigenvalue weighted by Gasteiger charge is -2.21. The predicted octanol–water partition coefficient (Wildman–Crippen LogP) is 3.46. The van der Waals surface area contributed by atoms with Crippen LogP contribution in [0, 0.1) is 0 Å². The molecule has 1 aliphatic heterocycles. The molecule has 3 rings (SSSR count). The minimum absolute atomic E-state index is 0.350. The summed E-state index contributed by atoms with van der Waals surface area (Å²) in [5.41, 5.74) is 1.81. The summed E-state index contributed by atoms with van der Waals surface area (Å²) in [6, 6.07) is 15.7. The van der Waals surface area contributed by atoms with E-state index in [2.05, 4.69) is 40.1 Å². The molecule has 0 aromatic heterocycles. The van der Waals surface area contributed by atoms with Crippen molar-refractivity contribution in [1.82, 2.24) is 9.80 Å². The topological polar surface area (TPSA) is 51.2 Å². The van der Waals surface area contributed by atoms with Crippen molar-refractivity contribution in [3.63, 3.8) is 0 Å². The smallest absolute Gasteiger partial charge is 0.338 e. The average molecular weight is 413 g/mol. The normalized spacial score (nSPS) is 15.4. The van der Waals surface area contributed by atoms with Gasteiger partial charge in [0.05, 0.1) is 26.4 Å². The van der Waals surface area contributed by atoms with E-state index in [4.69, 9.17) is 14.2 Å². The maximum atomic E-state index is 12.4. The van der Waals surface area contributed by atoms with Crippen molar-refractivity contribution in [3.05, 3.63) is 59.7 Å². The van der Waals surface area contributed by atoms with E-state index in [0.717, 1.165) is 52.1 Å². The van der Waals surface area contributed by atoms with Crippen LogP contribution in [-0.2, 0) is 11.3 Å². The van der Waals surface area contributed by atoms with Crippen LogP contribution in [0.1, 0.15) is 28.8 Å². The van der Waals surface area contributed by atoms with Crippen LogP contribution in [-0.4, -0.2) is 69.3 Å². The highest BCUT2D eigenvalue weighted by Crippen LogP contribution is 2.23. The van der Waals surface area contributed by atoms with Crippen LogP contribution in [0.15, 0.2) is 48.5 Å². The number of methoxy groups -OCH3 is 2. The second-order valence-corrected chi connectivity index (χ2v) is 7.55. The molecule has 0 saturated carbocycles. The molecule has 2 aromatic rings. The molecule has 0 unspecified atom stereocenters. The molecule has 1 aliphatic rings. The van der Waals surface area contributed by atoms with Gasteiger partial charge in [0.25, 0.3) is 0 Å². The number of hydrogen-bond acceptors (Lipinski definition) is 6. The molecule has 0 radical (unpaired) electrons. The molecular weight excluding hydrogens is 380 g/mol. The molecule has 2 aromatic carbocycles. The standard InChI is InChI=1S/C24H32N2O4/c1-28-22-16-21(17-23(18-22)29-2)24(27)30-15-7-12-25-10-6-11-26(14-13-25)19-20-8-4-3-5-9-20/h3-5,8-9,16-18H,6-7,10-15,19H2,1-2H3. The maximum absolute atomic E-state index is 12.4. The number of ether oxygens (including phenoxy) is 3. The quantitative estimate of drug-likeness (QED) is 0.464. The highest BCUT2D eigenvalue weighted by atomic mass is 16.5. The first-order chi connectivity index (χ1) is 14.7. The van der Waals surface area contributed by atoms with Crippen LogP contribution in [0.3, 0.4) is 0 Å². The number of carbonyl (C=O) groups is 1. The van der Waals surface area contributed by atoms with Crippen molar-refractivity contribution in [2.75, 3.05) is 53.6 Å². The zero-order valence-corrected chi connectivity index (χ0v) is 18.0. The monoisotopic (exact) mass is 412 g/mol. The number of hydrogen-bond donors (Lipinski definition) is 0. The molecule has 162 valence electrons. The van der Waals surface area contributed by atoms with E-state index in [-0.39, 0.29) is 5.97 Å². The second-order valence-electron chi connectivity index (χ2n) is 7.55. The zero-order chi connectivity index (χ0) is 21.2. The largest absolute Gasteiger partial charge is 0.497 e. The van der Waals surface area contributed by atoms with Crippen molar-refractivity contribution in [2.24, 2.45) is 0 Å². The van der Waals surface area contributed by atoms with Crippen molar-refractivity contribution in [2.45, 2.75) is 19.4 Å². The summed E-state index contributed by atoms with van der Waals surface area (Å²) in [4.78, 5) is 17.3. The van der Waals surface area contributed by atoms with Gasteiger partial charge >= 0.3 is 5.97 Å². The third-order valence-corrected chi connectivity index (χ3v) is 5.37. The Morgan fingerprint density at radius 1 is 0.900 bits per heavy atom. The average Bonchev–Trinajstić information content (AvgIpc) is 3.01. The van der Waals surface area contributed by atoms with Gasteiger partial charge in [-0.1, -0.05) is 30.3 Å².